The second-order valence-corrected chi connectivity index (χ2v) is 10.7. The number of rotatable bonds is 6. The van der Waals surface area contributed by atoms with Crippen LogP contribution in [0, 0.1) is 34.0 Å². The molecule has 0 aromatic heterocycles. The van der Waals surface area contributed by atoms with E-state index in [9.17, 15) is 23.7 Å². The van der Waals surface area contributed by atoms with Gasteiger partial charge in [-0.05, 0) is 47.7 Å². The fraction of sp³-hybridized carbons (Fsp3) is 0.292. The molecule has 0 heterocycles. The molecule has 33 heavy (non-hydrogen) atoms. The Morgan fingerprint density at radius 2 is 1.67 bits per heavy atom. The number of Topliss-reactive ketones (excluding diaryl/α,β-unsaturated/α-hetero) is 1. The van der Waals surface area contributed by atoms with Gasteiger partial charge in [0, 0.05) is 34.3 Å². The summed E-state index contributed by atoms with van der Waals surface area (Å²) in [6.45, 7) is 3.92. The molecule has 3 N–H and O–H groups in total. The lowest BCUT2D eigenvalue weighted by Crippen LogP contribution is -2.32. The standard InChI is InChI=1S/C24H23ClN4O3S/c1-24(2)11-20(29-16-7-9-17(10-8-16)33(28,31)32)23(21(30)12-24)22(15(13-26)14-27)18-5-3-4-6-19(18)25/h3-10,15,22,29H,11-12H2,1-2H3,(H2,28,31,32). The topological polar surface area (TPSA) is 137 Å². The lowest BCUT2D eigenvalue weighted by Gasteiger charge is -2.36. The number of halogens is 1. The van der Waals surface area contributed by atoms with Gasteiger partial charge in [-0.2, -0.15) is 10.5 Å². The first-order valence-electron chi connectivity index (χ1n) is 10.2. The van der Waals surface area contributed by atoms with E-state index in [1.807, 2.05) is 26.0 Å². The smallest absolute Gasteiger partial charge is 0.238 e. The van der Waals surface area contributed by atoms with E-state index >= 15 is 0 Å². The molecular weight excluding hydrogens is 460 g/mol. The van der Waals surface area contributed by atoms with Crippen LogP contribution in [-0.2, 0) is 14.8 Å². The maximum atomic E-state index is 13.4. The number of anilines is 1. The van der Waals surface area contributed by atoms with E-state index in [1.54, 1.807) is 36.4 Å². The summed E-state index contributed by atoms with van der Waals surface area (Å²) in [6.07, 6.45) is 0.734. The number of allylic oxidation sites excluding steroid dienone is 2. The Bertz CT molecular complexity index is 1290. The third-order valence-electron chi connectivity index (χ3n) is 5.56. The zero-order chi connectivity index (χ0) is 24.4. The van der Waals surface area contributed by atoms with Crippen molar-refractivity contribution in [2.24, 2.45) is 16.5 Å². The largest absolute Gasteiger partial charge is 0.359 e. The van der Waals surface area contributed by atoms with E-state index in [4.69, 9.17) is 16.7 Å². The highest BCUT2D eigenvalue weighted by Crippen LogP contribution is 2.45. The maximum absolute atomic E-state index is 13.4. The fourth-order valence-corrected chi connectivity index (χ4v) is 4.89. The summed E-state index contributed by atoms with van der Waals surface area (Å²) in [7, 11) is -3.84. The predicted octanol–water partition coefficient (Wildman–Crippen LogP) is 4.49. The van der Waals surface area contributed by atoms with Crippen molar-refractivity contribution in [1.29, 1.82) is 10.5 Å². The van der Waals surface area contributed by atoms with Crippen LogP contribution < -0.4 is 10.5 Å². The van der Waals surface area contributed by atoms with E-state index < -0.39 is 21.9 Å². The van der Waals surface area contributed by atoms with Crippen molar-refractivity contribution >= 4 is 33.1 Å². The predicted molar refractivity (Wildman–Crippen MR) is 125 cm³/mol. The van der Waals surface area contributed by atoms with Crippen molar-refractivity contribution in [2.45, 2.75) is 37.5 Å². The van der Waals surface area contributed by atoms with Crippen molar-refractivity contribution in [1.82, 2.24) is 0 Å². The maximum Gasteiger partial charge on any atom is 0.238 e. The highest BCUT2D eigenvalue weighted by molar-refractivity contribution is 7.89. The van der Waals surface area contributed by atoms with Gasteiger partial charge in [0.2, 0.25) is 10.0 Å². The molecule has 0 saturated heterocycles. The van der Waals surface area contributed by atoms with E-state index in [2.05, 4.69) is 5.32 Å². The van der Waals surface area contributed by atoms with Crippen molar-refractivity contribution in [3.8, 4) is 12.1 Å². The SMILES string of the molecule is CC1(C)CC(=O)C(C(c2ccccc2Cl)C(C#N)C#N)=C(Nc2ccc(S(N)(=O)=O)cc2)C1. The number of hydrogen-bond donors (Lipinski definition) is 2. The molecule has 3 rings (SSSR count). The molecule has 170 valence electrons. The highest BCUT2D eigenvalue weighted by atomic mass is 35.5. The van der Waals surface area contributed by atoms with Crippen molar-refractivity contribution in [3.05, 3.63) is 70.4 Å². The van der Waals surface area contributed by atoms with Crippen molar-refractivity contribution in [3.63, 3.8) is 0 Å². The van der Waals surface area contributed by atoms with E-state index in [0.29, 0.717) is 34.0 Å². The summed E-state index contributed by atoms with van der Waals surface area (Å²) in [4.78, 5) is 13.4. The minimum atomic E-state index is -3.84. The van der Waals surface area contributed by atoms with Crippen LogP contribution in [0.3, 0.4) is 0 Å². The summed E-state index contributed by atoms with van der Waals surface area (Å²) < 4.78 is 23.1. The molecule has 1 aliphatic rings. The van der Waals surface area contributed by atoms with E-state index in [1.165, 1.54) is 12.1 Å². The number of hydrogen-bond acceptors (Lipinski definition) is 6. The zero-order valence-corrected chi connectivity index (χ0v) is 19.7. The molecule has 0 fully saturated rings. The van der Waals surface area contributed by atoms with E-state index in [0.717, 1.165) is 0 Å². The van der Waals surface area contributed by atoms with Crippen LogP contribution >= 0.6 is 11.6 Å². The molecule has 1 unspecified atom stereocenters. The summed E-state index contributed by atoms with van der Waals surface area (Å²) in [5, 5.41) is 28.2. The molecular formula is C24H23ClN4O3S. The Balaban J connectivity index is 2.19. The number of nitrogens with two attached hydrogens (primary N) is 1. The summed E-state index contributed by atoms with van der Waals surface area (Å²) in [6, 6.07) is 16.7. The van der Waals surface area contributed by atoms with Crippen LogP contribution in [0.15, 0.2) is 64.7 Å². The van der Waals surface area contributed by atoms with Crippen LogP contribution in [-0.4, -0.2) is 14.2 Å². The monoisotopic (exact) mass is 482 g/mol. The third kappa shape index (κ3) is 5.43. The van der Waals surface area contributed by atoms with Gasteiger partial charge in [0.15, 0.2) is 5.78 Å². The van der Waals surface area contributed by atoms with Gasteiger partial charge in [-0.15, -0.1) is 0 Å². The second kappa shape index (κ2) is 9.36. The number of carbonyl (C=O) groups is 1. The molecule has 9 heteroatoms. The number of benzene rings is 2. The summed E-state index contributed by atoms with van der Waals surface area (Å²) in [5.74, 6) is -2.15. The lowest BCUT2D eigenvalue weighted by atomic mass is 9.69. The number of ketones is 1. The fourth-order valence-electron chi connectivity index (χ4n) is 4.12. The number of nitrogens with one attached hydrogen (secondary N) is 1. The molecule has 0 spiro atoms. The number of nitrogens with zero attached hydrogens (tertiary/aromatic N) is 2. The second-order valence-electron chi connectivity index (χ2n) is 8.76. The molecule has 0 amide bonds. The Hall–Kier alpha value is -3.17. The van der Waals surface area contributed by atoms with Crippen LogP contribution in [0.1, 0.15) is 38.2 Å². The number of sulfonamides is 1. The van der Waals surface area contributed by atoms with Crippen LogP contribution in [0.4, 0.5) is 5.69 Å². The normalized spacial score (nSPS) is 16.8. The summed E-state index contributed by atoms with van der Waals surface area (Å²) in [5.41, 5.74) is 1.62. The summed E-state index contributed by atoms with van der Waals surface area (Å²) >= 11 is 6.43. The van der Waals surface area contributed by atoms with Gasteiger partial charge in [0.1, 0.15) is 5.92 Å². The minimum absolute atomic E-state index is 0.0368. The van der Waals surface area contributed by atoms with Gasteiger partial charge in [-0.25, -0.2) is 13.6 Å². The van der Waals surface area contributed by atoms with Crippen molar-refractivity contribution < 1.29 is 13.2 Å². The molecule has 7 nitrogen and oxygen atoms in total. The number of primary sulfonamides is 1. The van der Waals surface area contributed by atoms with Crippen LogP contribution in [0.25, 0.3) is 0 Å². The van der Waals surface area contributed by atoms with Gasteiger partial charge < -0.3 is 5.32 Å². The molecule has 1 aliphatic carbocycles. The quantitative estimate of drug-likeness (QED) is 0.622. The first-order valence-corrected chi connectivity index (χ1v) is 12.1. The Morgan fingerprint density at radius 1 is 1.06 bits per heavy atom. The minimum Gasteiger partial charge on any atom is -0.359 e. The zero-order valence-electron chi connectivity index (χ0n) is 18.2. The Kier molecular flexibility index (Phi) is 6.94. The molecule has 1 atom stereocenters. The molecule has 0 aliphatic heterocycles. The molecule has 2 aromatic rings. The molecule has 0 radical (unpaired) electrons. The lowest BCUT2D eigenvalue weighted by molar-refractivity contribution is -0.118. The van der Waals surface area contributed by atoms with Gasteiger partial charge in [0.05, 0.1) is 17.0 Å². The highest BCUT2D eigenvalue weighted by Gasteiger charge is 2.40. The van der Waals surface area contributed by atoms with Crippen LogP contribution in [0.2, 0.25) is 5.02 Å². The van der Waals surface area contributed by atoms with E-state index in [-0.39, 0.29) is 22.5 Å². The van der Waals surface area contributed by atoms with Gasteiger partial charge in [-0.1, -0.05) is 43.6 Å². The Morgan fingerprint density at radius 3 is 2.21 bits per heavy atom. The molecule has 2 aromatic carbocycles. The van der Waals surface area contributed by atoms with Gasteiger partial charge in [-0.3, -0.25) is 4.79 Å². The van der Waals surface area contributed by atoms with Gasteiger partial charge >= 0.3 is 0 Å². The third-order valence-corrected chi connectivity index (χ3v) is 6.83. The first-order chi connectivity index (χ1) is 15.5. The number of nitriles is 2. The Labute approximate surface area is 198 Å². The van der Waals surface area contributed by atoms with Gasteiger partial charge in [0.25, 0.3) is 0 Å². The first kappa shape index (κ1) is 24.5. The van der Waals surface area contributed by atoms with Crippen molar-refractivity contribution in [2.75, 3.05) is 5.32 Å². The molecule has 0 saturated carbocycles. The number of carbonyl (C=O) groups excluding carboxylic acids is 1. The average molecular weight is 483 g/mol. The van der Waals surface area contributed by atoms with Crippen LogP contribution in [0.5, 0.6) is 0 Å². The average Bonchev–Trinajstić information content (AvgIpc) is 2.72. The molecule has 0 bridgehead atoms.